The maximum absolute atomic E-state index is 13.2. The molecule has 0 saturated carbocycles. The van der Waals surface area contributed by atoms with E-state index in [4.69, 9.17) is 5.73 Å². The number of primary amides is 1. The fourth-order valence-corrected chi connectivity index (χ4v) is 4.80. The van der Waals surface area contributed by atoms with Gasteiger partial charge in [0, 0.05) is 4.70 Å². The first kappa shape index (κ1) is 16.9. The zero-order valence-electron chi connectivity index (χ0n) is 12.5. The predicted octanol–water partition coefficient (Wildman–Crippen LogP) is 3.64. The molecule has 9 heteroatoms. The molecule has 3 rings (SSSR count). The molecule has 0 unspecified atom stereocenters. The Labute approximate surface area is 149 Å². The number of nitrogens with one attached hydrogen (secondary N) is 1. The quantitative estimate of drug-likeness (QED) is 0.661. The topological polar surface area (TPSA) is 85.1 Å². The molecule has 0 spiro atoms. The van der Waals surface area contributed by atoms with Crippen molar-refractivity contribution >= 4 is 61.5 Å². The maximum Gasteiger partial charge on any atom is 0.267 e. The summed E-state index contributed by atoms with van der Waals surface area (Å²) in [5, 5.41) is 3.88. The van der Waals surface area contributed by atoms with Gasteiger partial charge in [0.25, 0.3) is 5.91 Å². The third-order valence-corrected chi connectivity index (χ3v) is 6.59. The van der Waals surface area contributed by atoms with Gasteiger partial charge >= 0.3 is 0 Å². The third kappa shape index (κ3) is 3.74. The first-order valence-electron chi connectivity index (χ1n) is 6.81. The summed E-state index contributed by atoms with van der Waals surface area (Å²) < 4.78 is 14.9. The number of fused-ring (bicyclic) bond motifs is 1. The fraction of sp³-hybridized carbons (Fsp3) is 0.133. The number of benzene rings is 1. The van der Waals surface area contributed by atoms with Gasteiger partial charge in [0.2, 0.25) is 5.91 Å². The predicted molar refractivity (Wildman–Crippen MR) is 96.5 cm³/mol. The number of carbonyl (C=O) groups excluding carboxylic acids is 2. The van der Waals surface area contributed by atoms with Crippen molar-refractivity contribution in [3.8, 4) is 0 Å². The second kappa shape index (κ2) is 6.88. The maximum atomic E-state index is 13.2. The molecule has 3 aromatic rings. The van der Waals surface area contributed by atoms with E-state index in [-0.39, 0.29) is 17.5 Å². The van der Waals surface area contributed by atoms with Crippen molar-refractivity contribution < 1.29 is 14.0 Å². The Hall–Kier alpha value is -1.97. The van der Waals surface area contributed by atoms with Crippen molar-refractivity contribution in [2.45, 2.75) is 11.1 Å². The number of rotatable bonds is 5. The zero-order chi connectivity index (χ0) is 17.3. The van der Waals surface area contributed by atoms with Gasteiger partial charge in [-0.1, -0.05) is 11.3 Å². The Balaban J connectivity index is 1.76. The van der Waals surface area contributed by atoms with Crippen molar-refractivity contribution in [3.63, 3.8) is 0 Å². The van der Waals surface area contributed by atoms with Crippen LogP contribution in [0.25, 0.3) is 10.1 Å². The molecule has 0 aliphatic carbocycles. The van der Waals surface area contributed by atoms with Crippen LogP contribution in [0.15, 0.2) is 28.5 Å². The number of thiazole rings is 1. The van der Waals surface area contributed by atoms with Crippen LogP contribution >= 0.6 is 34.4 Å². The number of hydrogen-bond acceptors (Lipinski definition) is 6. The molecule has 124 valence electrons. The number of hydrogen-bond donors (Lipinski definition) is 2. The minimum absolute atomic E-state index is 0.165. The SMILES string of the molecule is Cc1nc(NC(=O)c2cc3cc(F)ccc3s2)sc1SCC(N)=O. The Kier molecular flexibility index (Phi) is 4.83. The first-order valence-corrected chi connectivity index (χ1v) is 9.43. The normalized spacial score (nSPS) is 10.9. The Morgan fingerprint density at radius 2 is 2.12 bits per heavy atom. The number of halogens is 1. The molecule has 0 aliphatic heterocycles. The van der Waals surface area contributed by atoms with Gasteiger partial charge in [0.05, 0.1) is 20.5 Å². The van der Waals surface area contributed by atoms with Gasteiger partial charge in [-0.3, -0.25) is 14.9 Å². The van der Waals surface area contributed by atoms with Crippen molar-refractivity contribution in [1.29, 1.82) is 0 Å². The van der Waals surface area contributed by atoms with Crippen molar-refractivity contribution in [2.75, 3.05) is 11.1 Å². The molecule has 1 aromatic carbocycles. The average molecular weight is 381 g/mol. The van der Waals surface area contributed by atoms with E-state index >= 15 is 0 Å². The number of thiophene rings is 1. The lowest BCUT2D eigenvalue weighted by molar-refractivity contribution is -0.115. The Morgan fingerprint density at radius 3 is 2.88 bits per heavy atom. The van der Waals surface area contributed by atoms with E-state index in [2.05, 4.69) is 10.3 Å². The van der Waals surface area contributed by atoms with E-state index in [9.17, 15) is 14.0 Å². The highest BCUT2D eigenvalue weighted by atomic mass is 32.2. The zero-order valence-corrected chi connectivity index (χ0v) is 14.9. The van der Waals surface area contributed by atoms with Crippen molar-refractivity contribution in [3.05, 3.63) is 40.7 Å². The van der Waals surface area contributed by atoms with Crippen LogP contribution in [0.3, 0.4) is 0 Å². The van der Waals surface area contributed by atoms with Crippen LogP contribution in [0.2, 0.25) is 0 Å². The van der Waals surface area contributed by atoms with Crippen molar-refractivity contribution in [1.82, 2.24) is 4.98 Å². The molecule has 0 fully saturated rings. The molecule has 0 aliphatic rings. The molecule has 0 saturated heterocycles. The number of anilines is 1. The molecule has 5 nitrogen and oxygen atoms in total. The fourth-order valence-electron chi connectivity index (χ4n) is 1.99. The number of aromatic nitrogens is 1. The number of thioether (sulfide) groups is 1. The molecule has 3 N–H and O–H groups in total. The summed E-state index contributed by atoms with van der Waals surface area (Å²) in [6.07, 6.45) is 0. The highest BCUT2D eigenvalue weighted by Gasteiger charge is 2.15. The lowest BCUT2D eigenvalue weighted by Gasteiger charge is -1.97. The van der Waals surface area contributed by atoms with E-state index < -0.39 is 5.91 Å². The second-order valence-electron chi connectivity index (χ2n) is 4.89. The lowest BCUT2D eigenvalue weighted by Crippen LogP contribution is -2.12. The molecular formula is C15H12FN3O2S3. The standard InChI is InChI=1S/C15H12FN3O2S3/c1-7-14(22-6-12(17)20)24-15(18-7)19-13(21)11-5-8-4-9(16)2-3-10(8)23-11/h2-5H,6H2,1H3,(H2,17,20)(H,18,19,21). The van der Waals surface area contributed by atoms with Crippen LogP contribution in [-0.4, -0.2) is 22.6 Å². The number of nitrogens with two attached hydrogens (primary N) is 1. The second-order valence-corrected chi connectivity index (χ2v) is 8.22. The van der Waals surface area contributed by atoms with Crippen LogP contribution in [0.1, 0.15) is 15.4 Å². The van der Waals surface area contributed by atoms with Crippen LogP contribution in [0.5, 0.6) is 0 Å². The van der Waals surface area contributed by atoms with E-state index in [0.29, 0.717) is 15.4 Å². The van der Waals surface area contributed by atoms with E-state index in [1.807, 2.05) is 0 Å². The number of aryl methyl sites for hydroxylation is 1. The smallest absolute Gasteiger partial charge is 0.267 e. The van der Waals surface area contributed by atoms with Gasteiger partial charge in [0.15, 0.2) is 5.13 Å². The van der Waals surface area contributed by atoms with E-state index in [0.717, 1.165) is 14.6 Å². The molecule has 0 atom stereocenters. The number of nitrogens with zero attached hydrogens (tertiary/aromatic N) is 1. The van der Waals surface area contributed by atoms with Gasteiger partial charge in [-0.15, -0.1) is 23.1 Å². The molecule has 24 heavy (non-hydrogen) atoms. The van der Waals surface area contributed by atoms with Crippen LogP contribution < -0.4 is 11.1 Å². The van der Waals surface area contributed by atoms with Gasteiger partial charge in [-0.2, -0.15) is 0 Å². The number of carbonyl (C=O) groups is 2. The van der Waals surface area contributed by atoms with Crippen molar-refractivity contribution in [2.24, 2.45) is 5.73 Å². The highest BCUT2D eigenvalue weighted by molar-refractivity contribution is 8.01. The van der Waals surface area contributed by atoms with Crippen LogP contribution in [-0.2, 0) is 4.79 Å². The van der Waals surface area contributed by atoms with Gasteiger partial charge in [0.1, 0.15) is 5.82 Å². The summed E-state index contributed by atoms with van der Waals surface area (Å²) in [4.78, 5) is 28.0. The first-order chi connectivity index (χ1) is 11.4. The Bertz CT molecular complexity index is 935. The number of amides is 2. The highest BCUT2D eigenvalue weighted by Crippen LogP contribution is 2.33. The largest absolute Gasteiger partial charge is 0.369 e. The molecule has 2 amide bonds. The van der Waals surface area contributed by atoms with Gasteiger partial charge in [-0.05, 0) is 36.6 Å². The molecule has 2 aromatic heterocycles. The average Bonchev–Trinajstić information content (AvgIpc) is 3.08. The molecule has 0 radical (unpaired) electrons. The Morgan fingerprint density at radius 1 is 1.33 bits per heavy atom. The summed E-state index contributed by atoms with van der Waals surface area (Å²) in [5.74, 6) is -0.871. The van der Waals surface area contributed by atoms with E-state index in [1.54, 1.807) is 19.1 Å². The summed E-state index contributed by atoms with van der Waals surface area (Å²) in [5.41, 5.74) is 5.87. The minimum atomic E-state index is -0.407. The summed E-state index contributed by atoms with van der Waals surface area (Å²) >= 11 is 3.88. The molecule has 2 heterocycles. The lowest BCUT2D eigenvalue weighted by atomic mass is 10.2. The molecular weight excluding hydrogens is 369 g/mol. The summed E-state index contributed by atoms with van der Waals surface area (Å²) in [6.45, 7) is 1.80. The third-order valence-electron chi connectivity index (χ3n) is 3.02. The summed E-state index contributed by atoms with van der Waals surface area (Å²) in [6, 6.07) is 6.07. The van der Waals surface area contributed by atoms with E-state index in [1.165, 1.54) is 46.6 Å². The van der Waals surface area contributed by atoms with Crippen LogP contribution in [0, 0.1) is 12.7 Å². The van der Waals surface area contributed by atoms with Gasteiger partial charge < -0.3 is 5.73 Å². The van der Waals surface area contributed by atoms with Gasteiger partial charge in [-0.25, -0.2) is 9.37 Å². The monoisotopic (exact) mass is 381 g/mol. The van der Waals surface area contributed by atoms with Crippen LogP contribution in [0.4, 0.5) is 9.52 Å². The minimum Gasteiger partial charge on any atom is -0.369 e. The summed E-state index contributed by atoms with van der Waals surface area (Å²) in [7, 11) is 0. The molecule has 0 bridgehead atoms.